The zero-order valence-corrected chi connectivity index (χ0v) is 13.1. The van der Waals surface area contributed by atoms with E-state index in [-0.39, 0.29) is 29.2 Å². The first-order valence-electron chi connectivity index (χ1n) is 6.30. The van der Waals surface area contributed by atoms with Gasteiger partial charge < -0.3 is 9.84 Å². The number of carboxylic acid groups (broad SMARTS) is 1. The molecule has 0 aliphatic carbocycles. The number of nitro benzene ring substituents is 1. The molecule has 1 N–H and O–H groups in total. The first-order chi connectivity index (χ1) is 10.9. The largest absolute Gasteiger partial charge is 0.487 e. The lowest BCUT2D eigenvalue weighted by Gasteiger charge is -2.12. The second-order valence-corrected chi connectivity index (χ2v) is 5.37. The van der Waals surface area contributed by atoms with Crippen molar-refractivity contribution in [2.24, 2.45) is 0 Å². The highest BCUT2D eigenvalue weighted by atomic mass is 79.9. The highest BCUT2D eigenvalue weighted by Gasteiger charge is 2.17. The molecule has 0 saturated carbocycles. The number of ether oxygens (including phenoxy) is 1. The molecule has 0 radical (unpaired) electrons. The maximum atomic E-state index is 11.3. The molecule has 0 heterocycles. The fraction of sp³-hybridized carbons (Fsp3) is 0.0667. The molecule has 118 valence electrons. The van der Waals surface area contributed by atoms with Crippen molar-refractivity contribution in [1.29, 1.82) is 0 Å². The molecule has 2 aromatic rings. The smallest absolute Gasteiger partial charge is 0.339 e. The van der Waals surface area contributed by atoms with Gasteiger partial charge in [0, 0.05) is 17.7 Å². The number of non-ortho nitro benzene ring substituents is 1. The Labute approximate surface area is 138 Å². The Bertz CT molecular complexity index is 790. The van der Waals surface area contributed by atoms with E-state index in [0.717, 1.165) is 0 Å². The van der Waals surface area contributed by atoms with Crippen LogP contribution >= 0.6 is 15.9 Å². The molecule has 0 aliphatic rings. The normalized spacial score (nSPS) is 10.1. The van der Waals surface area contributed by atoms with E-state index in [1.165, 1.54) is 30.3 Å². The van der Waals surface area contributed by atoms with E-state index in [1.807, 2.05) is 0 Å². The van der Waals surface area contributed by atoms with Gasteiger partial charge >= 0.3 is 5.97 Å². The Balaban J connectivity index is 2.30. The number of hydrogen-bond donors (Lipinski definition) is 1. The number of carbonyl (C=O) groups excluding carboxylic acids is 1. The summed E-state index contributed by atoms with van der Waals surface area (Å²) in [5, 5.41) is 20.0. The number of carbonyl (C=O) groups is 2. The topological polar surface area (TPSA) is 107 Å². The number of benzene rings is 2. The molecule has 0 saturated heterocycles. The summed E-state index contributed by atoms with van der Waals surface area (Å²) in [5.74, 6) is -1.20. The van der Waals surface area contributed by atoms with Gasteiger partial charge in [0.2, 0.25) is 0 Å². The van der Waals surface area contributed by atoms with Gasteiger partial charge in [0.25, 0.3) is 5.69 Å². The molecule has 0 atom stereocenters. The van der Waals surface area contributed by atoms with E-state index in [2.05, 4.69) is 15.9 Å². The summed E-state index contributed by atoms with van der Waals surface area (Å²) in [4.78, 5) is 32.3. The fourth-order valence-electron chi connectivity index (χ4n) is 1.90. The van der Waals surface area contributed by atoms with Crippen LogP contribution < -0.4 is 4.74 Å². The minimum atomic E-state index is -1.25. The molecular weight excluding hydrogens is 370 g/mol. The van der Waals surface area contributed by atoms with Crippen molar-refractivity contribution < 1.29 is 24.4 Å². The summed E-state index contributed by atoms with van der Waals surface area (Å²) in [6, 6.07) is 8.46. The molecule has 7 nitrogen and oxygen atoms in total. The summed E-state index contributed by atoms with van der Waals surface area (Å²) in [6.45, 7) is -0.0546. The highest BCUT2D eigenvalue weighted by Crippen LogP contribution is 2.31. The lowest BCUT2D eigenvalue weighted by Crippen LogP contribution is -2.05. The van der Waals surface area contributed by atoms with Gasteiger partial charge in [-0.25, -0.2) is 4.79 Å². The van der Waals surface area contributed by atoms with Crippen LogP contribution in [0.15, 0.2) is 40.9 Å². The minimum absolute atomic E-state index is 0.0506. The Morgan fingerprint density at radius 3 is 2.70 bits per heavy atom. The predicted molar refractivity (Wildman–Crippen MR) is 83.9 cm³/mol. The summed E-state index contributed by atoms with van der Waals surface area (Å²) in [5.41, 5.74) is 0.450. The molecule has 0 amide bonds. The van der Waals surface area contributed by atoms with Crippen molar-refractivity contribution >= 4 is 33.9 Å². The number of nitro groups is 1. The van der Waals surface area contributed by atoms with Gasteiger partial charge in [-0.2, -0.15) is 0 Å². The van der Waals surface area contributed by atoms with Gasteiger partial charge in [-0.15, -0.1) is 0 Å². The zero-order chi connectivity index (χ0) is 17.0. The van der Waals surface area contributed by atoms with Crippen LogP contribution in [0.25, 0.3) is 0 Å². The molecule has 0 aliphatic heterocycles. The van der Waals surface area contributed by atoms with Crippen molar-refractivity contribution in [1.82, 2.24) is 0 Å². The van der Waals surface area contributed by atoms with Crippen LogP contribution in [0.4, 0.5) is 5.69 Å². The molecule has 2 aromatic carbocycles. The Kier molecular flexibility index (Phi) is 5.07. The number of rotatable bonds is 6. The van der Waals surface area contributed by atoms with Crippen LogP contribution in [0.5, 0.6) is 5.75 Å². The zero-order valence-electron chi connectivity index (χ0n) is 11.6. The highest BCUT2D eigenvalue weighted by molar-refractivity contribution is 9.10. The van der Waals surface area contributed by atoms with Crippen LogP contribution in [-0.4, -0.2) is 22.3 Å². The van der Waals surface area contributed by atoms with Crippen molar-refractivity contribution in [2.45, 2.75) is 6.61 Å². The second-order valence-electron chi connectivity index (χ2n) is 4.52. The number of hydrogen-bond acceptors (Lipinski definition) is 5. The third kappa shape index (κ3) is 3.92. The SMILES string of the molecule is O=Cc1cc(Br)c(OCc2cccc([N+](=O)[O-])c2)c(C(=O)O)c1. The summed E-state index contributed by atoms with van der Waals surface area (Å²) < 4.78 is 5.79. The monoisotopic (exact) mass is 379 g/mol. The van der Waals surface area contributed by atoms with Crippen LogP contribution in [-0.2, 0) is 6.61 Å². The lowest BCUT2D eigenvalue weighted by molar-refractivity contribution is -0.384. The molecule has 0 spiro atoms. The molecule has 0 unspecified atom stereocenters. The van der Waals surface area contributed by atoms with Gasteiger partial charge in [0.15, 0.2) is 0 Å². The van der Waals surface area contributed by atoms with E-state index in [9.17, 15) is 24.8 Å². The van der Waals surface area contributed by atoms with Crippen molar-refractivity contribution in [3.63, 3.8) is 0 Å². The van der Waals surface area contributed by atoms with E-state index >= 15 is 0 Å². The predicted octanol–water partition coefficient (Wildman–Crippen LogP) is 3.45. The Hall–Kier alpha value is -2.74. The quantitative estimate of drug-likeness (QED) is 0.467. The summed E-state index contributed by atoms with van der Waals surface area (Å²) >= 11 is 3.16. The molecule has 8 heteroatoms. The van der Waals surface area contributed by atoms with Crippen molar-refractivity contribution in [3.8, 4) is 5.75 Å². The van der Waals surface area contributed by atoms with Crippen molar-refractivity contribution in [3.05, 3.63) is 67.7 Å². The number of carboxylic acids is 1. The average molecular weight is 380 g/mol. The van der Waals surface area contributed by atoms with Gasteiger partial charge in [0.05, 0.1) is 9.40 Å². The van der Waals surface area contributed by atoms with Crippen LogP contribution in [0.3, 0.4) is 0 Å². The first-order valence-corrected chi connectivity index (χ1v) is 7.10. The van der Waals surface area contributed by atoms with E-state index < -0.39 is 10.9 Å². The second kappa shape index (κ2) is 7.01. The van der Waals surface area contributed by atoms with E-state index in [1.54, 1.807) is 6.07 Å². The summed E-state index contributed by atoms with van der Waals surface area (Å²) in [6.07, 6.45) is 0.529. The molecule has 0 bridgehead atoms. The maximum absolute atomic E-state index is 11.3. The van der Waals surface area contributed by atoms with Crippen molar-refractivity contribution in [2.75, 3.05) is 0 Å². The molecule has 0 aromatic heterocycles. The van der Waals surface area contributed by atoms with Crippen LogP contribution in [0.2, 0.25) is 0 Å². The number of halogens is 1. The Morgan fingerprint density at radius 1 is 1.35 bits per heavy atom. The molecule has 0 fully saturated rings. The van der Waals surface area contributed by atoms with Gasteiger partial charge in [-0.05, 0) is 33.6 Å². The maximum Gasteiger partial charge on any atom is 0.339 e. The van der Waals surface area contributed by atoms with Gasteiger partial charge in [-0.3, -0.25) is 14.9 Å². The minimum Gasteiger partial charge on any atom is -0.487 e. The van der Waals surface area contributed by atoms with Crippen LogP contribution in [0.1, 0.15) is 26.3 Å². The number of aldehydes is 1. The van der Waals surface area contributed by atoms with Gasteiger partial charge in [0.1, 0.15) is 24.2 Å². The third-order valence-electron chi connectivity index (χ3n) is 2.94. The lowest BCUT2D eigenvalue weighted by atomic mass is 10.1. The summed E-state index contributed by atoms with van der Waals surface area (Å²) in [7, 11) is 0. The standard InChI is InChI=1S/C15H10BrNO6/c16-13-6-10(7-18)5-12(15(19)20)14(13)23-8-9-2-1-3-11(4-9)17(21)22/h1-7H,8H2,(H,19,20). The average Bonchev–Trinajstić information content (AvgIpc) is 2.53. The molecule has 23 heavy (non-hydrogen) atoms. The fourth-order valence-corrected chi connectivity index (χ4v) is 2.50. The van der Waals surface area contributed by atoms with E-state index in [0.29, 0.717) is 16.3 Å². The van der Waals surface area contributed by atoms with E-state index in [4.69, 9.17) is 4.74 Å². The Morgan fingerprint density at radius 2 is 2.09 bits per heavy atom. The first kappa shape index (κ1) is 16.6. The number of nitrogens with zero attached hydrogens (tertiary/aromatic N) is 1. The van der Waals surface area contributed by atoms with Crippen LogP contribution in [0, 0.1) is 10.1 Å². The third-order valence-corrected chi connectivity index (χ3v) is 3.53. The van der Waals surface area contributed by atoms with Gasteiger partial charge in [-0.1, -0.05) is 12.1 Å². The molecule has 2 rings (SSSR count). The number of aromatic carboxylic acids is 1. The molecular formula is C15H10BrNO6.